The molecule has 0 radical (unpaired) electrons. The SMILES string of the molecule is CC(C)(C)c1nc(Cn2nnc(-c3cccc(F)c3)n2)no1. The highest BCUT2D eigenvalue weighted by atomic mass is 19.1. The summed E-state index contributed by atoms with van der Waals surface area (Å²) in [5.74, 6) is 1.02. The van der Waals surface area contributed by atoms with Crippen LogP contribution >= 0.6 is 0 Å². The first-order chi connectivity index (χ1) is 10.4. The summed E-state index contributed by atoms with van der Waals surface area (Å²) in [7, 11) is 0. The van der Waals surface area contributed by atoms with Crippen molar-refractivity contribution in [3.8, 4) is 11.4 Å². The van der Waals surface area contributed by atoms with Crippen molar-refractivity contribution in [1.82, 2.24) is 30.3 Å². The average molecular weight is 302 g/mol. The third-order valence-corrected chi connectivity index (χ3v) is 2.93. The van der Waals surface area contributed by atoms with E-state index < -0.39 is 0 Å². The predicted octanol–water partition coefficient (Wildman–Crippen LogP) is 2.21. The molecule has 0 atom stereocenters. The van der Waals surface area contributed by atoms with E-state index in [2.05, 4.69) is 25.6 Å². The molecule has 0 unspecified atom stereocenters. The number of tetrazole rings is 1. The van der Waals surface area contributed by atoms with E-state index in [1.807, 2.05) is 20.8 Å². The second kappa shape index (κ2) is 5.28. The van der Waals surface area contributed by atoms with Crippen LogP contribution in [0.1, 0.15) is 32.5 Å². The number of aromatic nitrogens is 6. The first kappa shape index (κ1) is 14.3. The number of halogens is 1. The summed E-state index contributed by atoms with van der Waals surface area (Å²) >= 11 is 0. The van der Waals surface area contributed by atoms with Crippen LogP contribution in [-0.2, 0) is 12.0 Å². The maximum absolute atomic E-state index is 13.2. The van der Waals surface area contributed by atoms with Gasteiger partial charge in [-0.1, -0.05) is 38.1 Å². The van der Waals surface area contributed by atoms with Gasteiger partial charge in [0.05, 0.1) is 0 Å². The van der Waals surface area contributed by atoms with E-state index in [4.69, 9.17) is 4.52 Å². The minimum atomic E-state index is -0.346. The number of benzene rings is 1. The lowest BCUT2D eigenvalue weighted by atomic mass is 9.97. The Bertz CT molecular complexity index is 788. The molecule has 2 aromatic heterocycles. The number of hydrogen-bond acceptors (Lipinski definition) is 6. The molecule has 1 aromatic carbocycles. The minimum absolute atomic E-state index is 0.215. The first-order valence-electron chi connectivity index (χ1n) is 6.78. The lowest BCUT2D eigenvalue weighted by Gasteiger charge is -2.10. The maximum Gasteiger partial charge on any atom is 0.232 e. The summed E-state index contributed by atoms with van der Waals surface area (Å²) in [5.41, 5.74) is 0.350. The van der Waals surface area contributed by atoms with Crippen molar-refractivity contribution < 1.29 is 8.91 Å². The van der Waals surface area contributed by atoms with Gasteiger partial charge in [-0.05, 0) is 17.3 Å². The Labute approximate surface area is 126 Å². The van der Waals surface area contributed by atoms with Crippen molar-refractivity contribution in [2.75, 3.05) is 0 Å². The Kier molecular flexibility index (Phi) is 3.44. The molecule has 0 N–H and O–H groups in total. The molecule has 8 heteroatoms. The fraction of sp³-hybridized carbons (Fsp3) is 0.357. The Morgan fingerprint density at radius 2 is 2.09 bits per heavy atom. The molecule has 0 saturated heterocycles. The van der Waals surface area contributed by atoms with Crippen LogP contribution in [-0.4, -0.2) is 30.3 Å². The molecule has 7 nitrogen and oxygen atoms in total. The zero-order valence-corrected chi connectivity index (χ0v) is 12.5. The summed E-state index contributed by atoms with van der Waals surface area (Å²) in [6, 6.07) is 6.03. The fourth-order valence-electron chi connectivity index (χ4n) is 1.80. The molecule has 2 heterocycles. The molecule has 0 aliphatic rings. The van der Waals surface area contributed by atoms with Gasteiger partial charge in [-0.2, -0.15) is 9.78 Å². The van der Waals surface area contributed by atoms with Crippen molar-refractivity contribution in [2.24, 2.45) is 0 Å². The molecule has 22 heavy (non-hydrogen) atoms. The maximum atomic E-state index is 13.2. The Morgan fingerprint density at radius 3 is 2.77 bits per heavy atom. The normalized spacial score (nSPS) is 11.8. The van der Waals surface area contributed by atoms with Gasteiger partial charge >= 0.3 is 0 Å². The van der Waals surface area contributed by atoms with E-state index in [0.29, 0.717) is 23.1 Å². The van der Waals surface area contributed by atoms with Crippen LogP contribution < -0.4 is 0 Å². The van der Waals surface area contributed by atoms with Gasteiger partial charge in [0.1, 0.15) is 12.4 Å². The molecule has 0 amide bonds. The largest absolute Gasteiger partial charge is 0.339 e. The highest BCUT2D eigenvalue weighted by Gasteiger charge is 2.22. The van der Waals surface area contributed by atoms with Crippen LogP contribution in [0.15, 0.2) is 28.8 Å². The highest BCUT2D eigenvalue weighted by molar-refractivity contribution is 5.53. The van der Waals surface area contributed by atoms with Gasteiger partial charge < -0.3 is 4.52 Å². The third-order valence-electron chi connectivity index (χ3n) is 2.93. The van der Waals surface area contributed by atoms with Gasteiger partial charge in [-0.15, -0.1) is 10.2 Å². The standard InChI is InChI=1S/C14H15FN6O/c1-14(2,3)13-16-11(19-22-13)8-21-18-12(17-20-21)9-5-4-6-10(15)7-9/h4-7H,8H2,1-3H3. The molecule has 0 spiro atoms. The van der Waals surface area contributed by atoms with Crippen LogP contribution in [0, 0.1) is 5.82 Å². The van der Waals surface area contributed by atoms with Crippen molar-refractivity contribution >= 4 is 0 Å². The van der Waals surface area contributed by atoms with Gasteiger partial charge in [0, 0.05) is 11.0 Å². The molecule has 114 valence electrons. The van der Waals surface area contributed by atoms with Crippen LogP contribution in [0.4, 0.5) is 4.39 Å². The summed E-state index contributed by atoms with van der Waals surface area (Å²) in [6.45, 7) is 6.20. The van der Waals surface area contributed by atoms with Crippen molar-refractivity contribution in [1.29, 1.82) is 0 Å². The summed E-state index contributed by atoms with van der Waals surface area (Å²) in [4.78, 5) is 5.65. The van der Waals surface area contributed by atoms with E-state index >= 15 is 0 Å². The first-order valence-corrected chi connectivity index (χ1v) is 6.78. The monoisotopic (exact) mass is 302 g/mol. The van der Waals surface area contributed by atoms with E-state index in [1.165, 1.54) is 16.9 Å². The van der Waals surface area contributed by atoms with Crippen LogP contribution in [0.5, 0.6) is 0 Å². The molecular weight excluding hydrogens is 287 g/mol. The molecule has 0 aliphatic carbocycles. The van der Waals surface area contributed by atoms with Gasteiger partial charge in [-0.25, -0.2) is 4.39 Å². The molecule has 3 rings (SSSR count). The molecule has 0 aliphatic heterocycles. The second-order valence-electron chi connectivity index (χ2n) is 5.92. The number of rotatable bonds is 3. The zero-order valence-electron chi connectivity index (χ0n) is 12.5. The van der Waals surface area contributed by atoms with E-state index in [-0.39, 0.29) is 17.8 Å². The van der Waals surface area contributed by atoms with Crippen LogP contribution in [0.25, 0.3) is 11.4 Å². The fourth-order valence-corrected chi connectivity index (χ4v) is 1.80. The van der Waals surface area contributed by atoms with Gasteiger partial charge in [0.25, 0.3) is 0 Å². The molecule has 0 fully saturated rings. The zero-order chi connectivity index (χ0) is 15.7. The van der Waals surface area contributed by atoms with Crippen LogP contribution in [0.2, 0.25) is 0 Å². The summed E-state index contributed by atoms with van der Waals surface area (Å²) in [5, 5.41) is 15.9. The Hall–Kier alpha value is -2.64. The molecule has 0 saturated carbocycles. The average Bonchev–Trinajstić information content (AvgIpc) is 3.08. The van der Waals surface area contributed by atoms with Crippen LogP contribution in [0.3, 0.4) is 0 Å². The Morgan fingerprint density at radius 1 is 1.27 bits per heavy atom. The predicted molar refractivity (Wildman–Crippen MR) is 75.3 cm³/mol. The van der Waals surface area contributed by atoms with E-state index in [1.54, 1.807) is 12.1 Å². The lowest BCUT2D eigenvalue weighted by molar-refractivity contribution is 0.317. The van der Waals surface area contributed by atoms with Gasteiger partial charge in [0.15, 0.2) is 5.82 Å². The van der Waals surface area contributed by atoms with E-state index in [9.17, 15) is 4.39 Å². The van der Waals surface area contributed by atoms with Gasteiger partial charge in [0.2, 0.25) is 11.7 Å². The molecule has 3 aromatic rings. The smallest absolute Gasteiger partial charge is 0.232 e. The second-order valence-corrected chi connectivity index (χ2v) is 5.92. The van der Waals surface area contributed by atoms with Gasteiger partial charge in [-0.3, -0.25) is 0 Å². The Balaban J connectivity index is 1.79. The number of nitrogens with zero attached hydrogens (tertiary/aromatic N) is 6. The molecule has 0 bridgehead atoms. The summed E-state index contributed by atoms with van der Waals surface area (Å²) < 4.78 is 18.4. The topological polar surface area (TPSA) is 82.5 Å². The van der Waals surface area contributed by atoms with Crippen molar-refractivity contribution in [3.05, 3.63) is 41.8 Å². The molecular formula is C14H15FN6O. The van der Waals surface area contributed by atoms with Crippen molar-refractivity contribution in [2.45, 2.75) is 32.7 Å². The minimum Gasteiger partial charge on any atom is -0.339 e. The quantitative estimate of drug-likeness (QED) is 0.737. The highest BCUT2D eigenvalue weighted by Crippen LogP contribution is 2.20. The number of hydrogen-bond donors (Lipinski definition) is 0. The van der Waals surface area contributed by atoms with E-state index in [0.717, 1.165) is 0 Å². The van der Waals surface area contributed by atoms with Crippen molar-refractivity contribution in [3.63, 3.8) is 0 Å². The lowest BCUT2D eigenvalue weighted by Crippen LogP contribution is -2.12. The summed E-state index contributed by atoms with van der Waals surface area (Å²) in [6.07, 6.45) is 0. The third kappa shape index (κ3) is 3.00.